The summed E-state index contributed by atoms with van der Waals surface area (Å²) in [5.74, 6) is 1.40. The van der Waals surface area contributed by atoms with Crippen molar-refractivity contribution in [1.82, 2.24) is 24.3 Å². The number of hydrogen-bond acceptors (Lipinski definition) is 8. The van der Waals surface area contributed by atoms with Crippen molar-refractivity contribution in [2.45, 2.75) is 38.5 Å². The monoisotopic (exact) mass is 598 g/mol. The number of halogens is 2. The van der Waals surface area contributed by atoms with Crippen LogP contribution in [0.1, 0.15) is 30.3 Å². The van der Waals surface area contributed by atoms with Gasteiger partial charge in [-0.25, -0.2) is 22.8 Å². The van der Waals surface area contributed by atoms with E-state index in [0.29, 0.717) is 67.4 Å². The Morgan fingerprint density at radius 2 is 2.00 bits per heavy atom. The first-order valence-electron chi connectivity index (χ1n) is 13.7. The largest absolute Gasteiger partial charge is 0.370 e. The summed E-state index contributed by atoms with van der Waals surface area (Å²) in [6, 6.07) is 6.17. The third kappa shape index (κ3) is 5.02. The number of anilines is 1. The fraction of sp³-hybridized carbons (Fsp3) is 0.429. The van der Waals surface area contributed by atoms with Crippen LogP contribution < -0.4 is 10.5 Å². The number of benzene rings is 1. The summed E-state index contributed by atoms with van der Waals surface area (Å²) >= 11 is 6.03. The van der Waals surface area contributed by atoms with Crippen LogP contribution in [0.3, 0.4) is 0 Å². The molecule has 0 N–H and O–H groups in total. The Morgan fingerprint density at radius 3 is 2.80 bits per heavy atom. The highest BCUT2D eigenvalue weighted by molar-refractivity contribution is 7.92. The summed E-state index contributed by atoms with van der Waals surface area (Å²) in [5.41, 5.74) is 1.69. The van der Waals surface area contributed by atoms with E-state index in [1.807, 2.05) is 15.8 Å². The molecule has 0 saturated carbocycles. The van der Waals surface area contributed by atoms with Crippen LogP contribution in [0, 0.1) is 11.7 Å². The van der Waals surface area contributed by atoms with Crippen LogP contribution in [-0.2, 0) is 34.1 Å². The fourth-order valence-corrected chi connectivity index (χ4v) is 7.81. The van der Waals surface area contributed by atoms with Crippen LogP contribution in [-0.4, -0.2) is 63.9 Å². The van der Waals surface area contributed by atoms with E-state index in [1.165, 1.54) is 6.07 Å². The van der Waals surface area contributed by atoms with Gasteiger partial charge in [0.1, 0.15) is 34.8 Å². The molecular formula is C28H28ClFN6O4S. The van der Waals surface area contributed by atoms with Crippen LogP contribution in [0.15, 0.2) is 41.5 Å². The maximum atomic E-state index is 15.2. The average molecular weight is 599 g/mol. The number of ether oxygens (including phenoxy) is 1. The topological polar surface area (TPSA) is 112 Å². The zero-order valence-corrected chi connectivity index (χ0v) is 23.7. The van der Waals surface area contributed by atoms with Crippen LogP contribution in [0.2, 0.25) is 5.02 Å². The van der Waals surface area contributed by atoms with Crippen molar-refractivity contribution in [3.05, 3.63) is 69.2 Å². The minimum atomic E-state index is -2.84. The molecule has 6 heterocycles. The Morgan fingerprint density at radius 1 is 1.15 bits per heavy atom. The van der Waals surface area contributed by atoms with Gasteiger partial charge in [-0.3, -0.25) is 14.0 Å². The number of aryl methyl sites for hydroxylation is 2. The Balaban J connectivity index is 1.20. The summed E-state index contributed by atoms with van der Waals surface area (Å²) < 4.78 is 47.7. The van der Waals surface area contributed by atoms with E-state index in [-0.39, 0.29) is 39.7 Å². The van der Waals surface area contributed by atoms with Crippen LogP contribution in [0.25, 0.3) is 22.2 Å². The average Bonchev–Trinajstić information content (AvgIpc) is 3.61. The second-order valence-electron chi connectivity index (χ2n) is 11.0. The highest BCUT2D eigenvalue weighted by Crippen LogP contribution is 2.33. The smallest absolute Gasteiger partial charge is 0.261 e. The highest BCUT2D eigenvalue weighted by Gasteiger charge is 2.33. The summed E-state index contributed by atoms with van der Waals surface area (Å²) in [6.07, 6.45) is 5.71. The third-order valence-electron chi connectivity index (χ3n) is 8.14. The predicted octanol–water partition coefficient (Wildman–Crippen LogP) is 3.41. The lowest BCUT2D eigenvalue weighted by Crippen LogP contribution is -2.39. The second kappa shape index (κ2) is 10.2. The van der Waals surface area contributed by atoms with Crippen molar-refractivity contribution in [3.63, 3.8) is 0 Å². The molecule has 0 spiro atoms. The Bertz CT molecular complexity index is 1830. The number of nitrogens with zero attached hydrogens (tertiary/aromatic N) is 6. The molecule has 3 aromatic heterocycles. The summed E-state index contributed by atoms with van der Waals surface area (Å²) in [5, 5.41) is 5.14. The maximum Gasteiger partial charge on any atom is 0.261 e. The summed E-state index contributed by atoms with van der Waals surface area (Å²) in [7, 11) is -2.84. The van der Waals surface area contributed by atoms with Gasteiger partial charge in [0, 0.05) is 54.9 Å². The fourth-order valence-electron chi connectivity index (χ4n) is 5.98. The summed E-state index contributed by atoms with van der Waals surface area (Å²) in [4.78, 5) is 25.2. The van der Waals surface area contributed by atoms with Gasteiger partial charge in [0.25, 0.3) is 5.56 Å². The molecule has 1 aromatic carbocycles. The molecule has 4 aromatic rings. The minimum Gasteiger partial charge on any atom is -0.370 e. The zero-order valence-electron chi connectivity index (χ0n) is 22.2. The van der Waals surface area contributed by atoms with E-state index in [0.717, 1.165) is 18.4 Å². The molecule has 0 amide bonds. The molecule has 0 aliphatic carbocycles. The SMILES string of the molecule is O=c1c2cc(N3CCO[C@@H](c4cnn(CCC5CS(=O)(=O)C5)c4)C3)nc(-c3ccc(Cl)cc3F)c2nc2n1CCC2. The van der Waals surface area contributed by atoms with Crippen LogP contribution in [0.4, 0.5) is 10.2 Å². The van der Waals surface area contributed by atoms with Gasteiger partial charge in [-0.2, -0.15) is 5.10 Å². The van der Waals surface area contributed by atoms with Gasteiger partial charge < -0.3 is 9.64 Å². The van der Waals surface area contributed by atoms with Crippen molar-refractivity contribution in [2.75, 3.05) is 36.1 Å². The second-order valence-corrected chi connectivity index (χ2v) is 13.6. The first-order valence-corrected chi connectivity index (χ1v) is 15.9. The number of sulfone groups is 1. The third-order valence-corrected chi connectivity index (χ3v) is 10.3. The molecule has 41 heavy (non-hydrogen) atoms. The Hall–Kier alpha value is -3.35. The number of pyridine rings is 1. The van der Waals surface area contributed by atoms with Gasteiger partial charge in [0.15, 0.2) is 9.84 Å². The summed E-state index contributed by atoms with van der Waals surface area (Å²) in [6.45, 7) is 2.69. The normalized spacial score (nSPS) is 20.3. The van der Waals surface area contributed by atoms with E-state index in [1.54, 1.807) is 29.0 Å². The quantitative estimate of drug-likeness (QED) is 0.332. The Labute approximate surface area is 240 Å². The van der Waals surface area contributed by atoms with E-state index >= 15 is 4.39 Å². The van der Waals surface area contributed by atoms with Crippen molar-refractivity contribution in [2.24, 2.45) is 5.92 Å². The molecule has 214 valence electrons. The number of rotatable bonds is 6. The van der Waals surface area contributed by atoms with Gasteiger partial charge in [-0.1, -0.05) is 11.6 Å². The van der Waals surface area contributed by atoms with Gasteiger partial charge >= 0.3 is 0 Å². The lowest BCUT2D eigenvalue weighted by atomic mass is 10.1. The molecule has 0 radical (unpaired) electrons. The van der Waals surface area contributed by atoms with Gasteiger partial charge in [0.2, 0.25) is 0 Å². The zero-order chi connectivity index (χ0) is 28.3. The molecule has 3 aliphatic rings. The molecule has 3 aliphatic heterocycles. The van der Waals surface area contributed by atoms with Crippen LogP contribution in [0.5, 0.6) is 0 Å². The first kappa shape index (κ1) is 26.5. The molecule has 13 heteroatoms. The lowest BCUT2D eigenvalue weighted by molar-refractivity contribution is 0.0395. The maximum absolute atomic E-state index is 15.2. The van der Waals surface area contributed by atoms with Gasteiger partial charge in [0.05, 0.1) is 29.7 Å². The number of morpholine rings is 1. The van der Waals surface area contributed by atoms with E-state index in [2.05, 4.69) is 5.10 Å². The number of hydrogen-bond donors (Lipinski definition) is 0. The molecule has 2 fully saturated rings. The van der Waals surface area contributed by atoms with E-state index < -0.39 is 15.7 Å². The van der Waals surface area contributed by atoms with Crippen molar-refractivity contribution >= 4 is 38.2 Å². The molecule has 0 unspecified atom stereocenters. The van der Waals surface area contributed by atoms with E-state index in [4.69, 9.17) is 26.3 Å². The molecule has 0 bridgehead atoms. The predicted molar refractivity (Wildman–Crippen MR) is 152 cm³/mol. The van der Waals surface area contributed by atoms with Crippen LogP contribution >= 0.6 is 11.6 Å². The molecular weight excluding hydrogens is 571 g/mol. The molecule has 10 nitrogen and oxygen atoms in total. The van der Waals surface area contributed by atoms with Crippen molar-refractivity contribution < 1.29 is 17.5 Å². The molecule has 2 saturated heterocycles. The lowest BCUT2D eigenvalue weighted by Gasteiger charge is -2.33. The van der Waals surface area contributed by atoms with E-state index in [9.17, 15) is 13.2 Å². The Kier molecular flexibility index (Phi) is 6.59. The standard InChI is InChI=1S/C28H28ClFN6O4S/c29-19-3-4-20(22(30)10-19)26-27-21(28(37)36-6-1-2-24(36)32-27)11-25(33-26)34-8-9-40-23(14-34)18-12-31-35(13-18)7-5-17-15-41(38,39)16-17/h3-4,10-13,17,23H,1-2,5-9,14-16H2/t23-/m1/s1. The number of fused-ring (bicyclic) bond motifs is 2. The van der Waals surface area contributed by atoms with Crippen molar-refractivity contribution in [3.8, 4) is 11.3 Å². The number of aromatic nitrogens is 5. The van der Waals surface area contributed by atoms with Gasteiger partial charge in [-0.05, 0) is 43.0 Å². The molecule has 1 atom stereocenters. The molecule has 7 rings (SSSR count). The highest BCUT2D eigenvalue weighted by atomic mass is 35.5. The minimum absolute atomic E-state index is 0.146. The first-order chi connectivity index (χ1) is 19.7. The van der Waals surface area contributed by atoms with Gasteiger partial charge in [-0.15, -0.1) is 0 Å². The van der Waals surface area contributed by atoms with Crippen molar-refractivity contribution in [1.29, 1.82) is 0 Å².